The van der Waals surface area contributed by atoms with Crippen LogP contribution in [0.5, 0.6) is 0 Å². The Labute approximate surface area is 156 Å². The second kappa shape index (κ2) is 6.36. The van der Waals surface area contributed by atoms with Crippen LogP contribution in [0.1, 0.15) is 33.9 Å². The number of carbonyl (C=O) groups is 1. The molecule has 1 unspecified atom stereocenters. The summed E-state index contributed by atoms with van der Waals surface area (Å²) in [6, 6.07) is 19.8. The normalized spacial score (nSPS) is 15.6. The van der Waals surface area contributed by atoms with Gasteiger partial charge in [0, 0.05) is 11.8 Å². The molecule has 132 valence electrons. The lowest BCUT2D eigenvalue weighted by Gasteiger charge is -2.14. The van der Waals surface area contributed by atoms with Gasteiger partial charge in [-0.1, -0.05) is 30.3 Å². The lowest BCUT2D eigenvalue weighted by Crippen LogP contribution is -2.27. The molecule has 2 heterocycles. The Balaban J connectivity index is 1.42. The summed E-state index contributed by atoms with van der Waals surface area (Å²) in [6.45, 7) is 0. The quantitative estimate of drug-likeness (QED) is 0.608. The summed E-state index contributed by atoms with van der Waals surface area (Å²) in [7, 11) is 0. The van der Waals surface area contributed by atoms with Crippen molar-refractivity contribution in [2.75, 3.05) is 0 Å². The number of nitrogens with one attached hydrogen (secondary N) is 1. The van der Waals surface area contributed by atoms with Crippen molar-refractivity contribution >= 4 is 16.9 Å². The van der Waals surface area contributed by atoms with Crippen molar-refractivity contribution in [3.8, 4) is 5.82 Å². The molecule has 1 atom stereocenters. The van der Waals surface area contributed by atoms with Gasteiger partial charge in [-0.25, -0.2) is 9.97 Å². The second-order valence-electron chi connectivity index (χ2n) is 6.77. The standard InChI is InChI=1S/C22H18N4O/c27-22(25-18-10-8-15-5-1-2-6-17(15)18)16-9-11-20-19(13-16)24-14-26(20)21-7-3-4-12-23-21/h1-7,9,11-14,18H,8,10H2,(H,25,27). The Morgan fingerprint density at radius 1 is 1.04 bits per heavy atom. The number of benzene rings is 2. The van der Waals surface area contributed by atoms with Gasteiger partial charge < -0.3 is 5.32 Å². The first kappa shape index (κ1) is 15.8. The highest BCUT2D eigenvalue weighted by Gasteiger charge is 2.24. The Hall–Kier alpha value is -3.47. The van der Waals surface area contributed by atoms with E-state index in [1.165, 1.54) is 11.1 Å². The highest BCUT2D eigenvalue weighted by molar-refractivity contribution is 5.97. The average molecular weight is 354 g/mol. The molecular formula is C22H18N4O. The topological polar surface area (TPSA) is 59.8 Å². The number of pyridine rings is 1. The molecule has 27 heavy (non-hydrogen) atoms. The van der Waals surface area contributed by atoms with Gasteiger partial charge in [-0.2, -0.15) is 0 Å². The van der Waals surface area contributed by atoms with E-state index >= 15 is 0 Å². The summed E-state index contributed by atoms with van der Waals surface area (Å²) >= 11 is 0. The Bertz CT molecular complexity index is 1130. The van der Waals surface area contributed by atoms with E-state index in [9.17, 15) is 4.79 Å². The first-order valence-corrected chi connectivity index (χ1v) is 9.07. The Morgan fingerprint density at radius 2 is 1.93 bits per heavy atom. The molecule has 5 nitrogen and oxygen atoms in total. The number of aromatic nitrogens is 3. The SMILES string of the molecule is O=C(NC1CCc2ccccc21)c1ccc2c(c1)ncn2-c1ccccn1. The predicted octanol–water partition coefficient (Wildman–Crippen LogP) is 3.84. The highest BCUT2D eigenvalue weighted by Crippen LogP contribution is 2.31. The molecule has 0 saturated heterocycles. The number of fused-ring (bicyclic) bond motifs is 2. The molecule has 0 saturated carbocycles. The van der Waals surface area contributed by atoms with E-state index < -0.39 is 0 Å². The van der Waals surface area contributed by atoms with E-state index in [0.717, 1.165) is 29.7 Å². The van der Waals surface area contributed by atoms with Gasteiger partial charge in [-0.15, -0.1) is 0 Å². The van der Waals surface area contributed by atoms with Gasteiger partial charge in [0.05, 0.1) is 17.1 Å². The van der Waals surface area contributed by atoms with Crippen LogP contribution in [-0.4, -0.2) is 20.4 Å². The fourth-order valence-electron chi connectivity index (χ4n) is 3.78. The van der Waals surface area contributed by atoms with Gasteiger partial charge in [0.2, 0.25) is 0 Å². The number of aryl methyl sites for hydroxylation is 1. The number of nitrogens with zero attached hydrogens (tertiary/aromatic N) is 3. The molecule has 0 bridgehead atoms. The van der Waals surface area contributed by atoms with Crippen LogP contribution in [-0.2, 0) is 6.42 Å². The molecule has 4 aromatic rings. The fourth-order valence-corrected chi connectivity index (χ4v) is 3.78. The third kappa shape index (κ3) is 2.77. The van der Waals surface area contributed by atoms with Gasteiger partial charge in [0.15, 0.2) is 0 Å². The molecule has 2 aromatic heterocycles. The summed E-state index contributed by atoms with van der Waals surface area (Å²) in [5.74, 6) is 0.741. The van der Waals surface area contributed by atoms with Gasteiger partial charge in [-0.3, -0.25) is 9.36 Å². The second-order valence-corrected chi connectivity index (χ2v) is 6.77. The van der Waals surface area contributed by atoms with Gasteiger partial charge in [-0.05, 0) is 54.3 Å². The maximum Gasteiger partial charge on any atom is 0.251 e. The Morgan fingerprint density at radius 3 is 2.81 bits per heavy atom. The van der Waals surface area contributed by atoms with E-state index in [4.69, 9.17) is 0 Å². The average Bonchev–Trinajstić information content (AvgIpc) is 3.32. The van der Waals surface area contributed by atoms with E-state index in [2.05, 4.69) is 33.5 Å². The monoisotopic (exact) mass is 354 g/mol. The molecule has 5 heteroatoms. The predicted molar refractivity (Wildman–Crippen MR) is 104 cm³/mol. The largest absolute Gasteiger partial charge is 0.345 e. The van der Waals surface area contributed by atoms with Crippen LogP contribution in [0.25, 0.3) is 16.9 Å². The zero-order valence-corrected chi connectivity index (χ0v) is 14.7. The third-order valence-electron chi connectivity index (χ3n) is 5.14. The van der Waals surface area contributed by atoms with Gasteiger partial charge in [0.25, 0.3) is 5.91 Å². The van der Waals surface area contributed by atoms with Crippen LogP contribution in [0, 0.1) is 0 Å². The fraction of sp³-hybridized carbons (Fsp3) is 0.136. The number of hydrogen-bond acceptors (Lipinski definition) is 3. The molecule has 1 amide bonds. The molecule has 5 rings (SSSR count). The molecule has 0 aliphatic heterocycles. The van der Waals surface area contributed by atoms with Crippen LogP contribution < -0.4 is 5.32 Å². The summed E-state index contributed by atoms with van der Waals surface area (Å²) < 4.78 is 1.92. The highest BCUT2D eigenvalue weighted by atomic mass is 16.1. The Kier molecular flexibility index (Phi) is 3.71. The van der Waals surface area contributed by atoms with Crippen LogP contribution in [0.2, 0.25) is 0 Å². The lowest BCUT2D eigenvalue weighted by molar-refractivity contribution is 0.0937. The molecule has 0 spiro atoms. The minimum Gasteiger partial charge on any atom is -0.345 e. The number of rotatable bonds is 3. The molecule has 0 radical (unpaired) electrons. The number of carbonyl (C=O) groups excluding carboxylic acids is 1. The van der Waals surface area contributed by atoms with Crippen LogP contribution in [0.15, 0.2) is 73.2 Å². The first-order valence-electron chi connectivity index (χ1n) is 9.07. The minimum atomic E-state index is -0.0639. The third-order valence-corrected chi connectivity index (χ3v) is 5.14. The molecule has 1 aliphatic carbocycles. The smallest absolute Gasteiger partial charge is 0.251 e. The maximum atomic E-state index is 12.8. The van der Waals surface area contributed by atoms with Crippen molar-refractivity contribution in [1.82, 2.24) is 19.9 Å². The first-order chi connectivity index (χ1) is 13.3. The van der Waals surface area contributed by atoms with E-state index in [0.29, 0.717) is 5.56 Å². The van der Waals surface area contributed by atoms with E-state index in [1.807, 2.05) is 47.0 Å². The van der Waals surface area contributed by atoms with Crippen LogP contribution >= 0.6 is 0 Å². The van der Waals surface area contributed by atoms with Crippen LogP contribution in [0.3, 0.4) is 0 Å². The van der Waals surface area contributed by atoms with E-state index in [1.54, 1.807) is 12.5 Å². The zero-order chi connectivity index (χ0) is 18.2. The molecular weight excluding hydrogens is 336 g/mol. The van der Waals surface area contributed by atoms with Crippen molar-refractivity contribution in [3.63, 3.8) is 0 Å². The minimum absolute atomic E-state index is 0.0639. The molecule has 1 aliphatic rings. The number of amides is 1. The van der Waals surface area contributed by atoms with Crippen molar-refractivity contribution in [2.45, 2.75) is 18.9 Å². The lowest BCUT2D eigenvalue weighted by atomic mass is 10.1. The van der Waals surface area contributed by atoms with Gasteiger partial charge >= 0.3 is 0 Å². The summed E-state index contributed by atoms with van der Waals surface area (Å²) in [6.07, 6.45) is 5.45. The van der Waals surface area contributed by atoms with Gasteiger partial charge in [0.1, 0.15) is 12.1 Å². The van der Waals surface area contributed by atoms with Crippen molar-refractivity contribution < 1.29 is 4.79 Å². The summed E-state index contributed by atoms with van der Waals surface area (Å²) in [4.78, 5) is 21.6. The molecule has 2 aromatic carbocycles. The van der Waals surface area contributed by atoms with Crippen LogP contribution in [0.4, 0.5) is 0 Å². The summed E-state index contributed by atoms with van der Waals surface area (Å²) in [5.41, 5.74) is 4.88. The molecule has 1 N–H and O–H groups in total. The summed E-state index contributed by atoms with van der Waals surface area (Å²) in [5, 5.41) is 3.17. The van der Waals surface area contributed by atoms with Crippen molar-refractivity contribution in [2.24, 2.45) is 0 Å². The molecule has 0 fully saturated rings. The maximum absolute atomic E-state index is 12.8. The number of imidazole rings is 1. The zero-order valence-electron chi connectivity index (χ0n) is 14.7. The van der Waals surface area contributed by atoms with Crippen molar-refractivity contribution in [3.05, 3.63) is 89.9 Å². The number of hydrogen-bond donors (Lipinski definition) is 1. The van der Waals surface area contributed by atoms with E-state index in [-0.39, 0.29) is 11.9 Å². The van der Waals surface area contributed by atoms with Crippen molar-refractivity contribution in [1.29, 1.82) is 0 Å².